The van der Waals surface area contributed by atoms with Crippen LogP contribution in [0.3, 0.4) is 0 Å². The molecule has 1 aliphatic carbocycles. The molecule has 0 bridgehead atoms. The molecule has 18 heavy (non-hydrogen) atoms. The summed E-state index contributed by atoms with van der Waals surface area (Å²) in [7, 11) is 0. The van der Waals surface area contributed by atoms with Gasteiger partial charge in [0.2, 0.25) is 0 Å². The lowest BCUT2D eigenvalue weighted by atomic mass is 10.1. The molecule has 0 aromatic heterocycles. The highest BCUT2D eigenvalue weighted by atomic mass is 32.1. The Bertz CT molecular complexity index is 303. The maximum Gasteiger partial charge on any atom is 0.169 e. The van der Waals surface area contributed by atoms with Crippen molar-refractivity contribution in [2.24, 2.45) is 0 Å². The number of hydrogen-bond donors (Lipinski definition) is 2. The first-order chi connectivity index (χ1) is 8.50. The third-order valence-electron chi connectivity index (χ3n) is 3.65. The van der Waals surface area contributed by atoms with Crippen LogP contribution >= 0.6 is 12.2 Å². The highest BCUT2D eigenvalue weighted by Gasteiger charge is 2.34. The Morgan fingerprint density at radius 1 is 1.44 bits per heavy atom. The van der Waals surface area contributed by atoms with Gasteiger partial charge in [-0.2, -0.15) is 0 Å². The predicted molar refractivity (Wildman–Crippen MR) is 75.6 cm³/mol. The molecule has 1 heterocycles. The van der Waals surface area contributed by atoms with Gasteiger partial charge in [-0.3, -0.25) is 0 Å². The van der Waals surface area contributed by atoms with E-state index in [9.17, 15) is 5.11 Å². The molecule has 2 fully saturated rings. The van der Waals surface area contributed by atoms with Crippen molar-refractivity contribution in [2.45, 2.75) is 57.3 Å². The van der Waals surface area contributed by atoms with Crippen LogP contribution in [0.2, 0.25) is 0 Å². The number of nitrogens with zero attached hydrogens (tertiary/aromatic N) is 1. The van der Waals surface area contributed by atoms with Gasteiger partial charge in [0.05, 0.1) is 18.3 Å². The third kappa shape index (κ3) is 3.56. The number of morpholine rings is 1. The Kier molecular flexibility index (Phi) is 4.45. The summed E-state index contributed by atoms with van der Waals surface area (Å²) in [6.07, 6.45) is 4.90. The summed E-state index contributed by atoms with van der Waals surface area (Å²) in [6, 6.07) is 0.538. The van der Waals surface area contributed by atoms with E-state index >= 15 is 0 Å². The van der Waals surface area contributed by atoms with E-state index in [0.717, 1.165) is 11.7 Å². The molecular formula is C13H24N2O2S. The highest BCUT2D eigenvalue weighted by molar-refractivity contribution is 7.80. The van der Waals surface area contributed by atoms with Crippen LogP contribution in [-0.4, -0.2) is 52.6 Å². The normalized spacial score (nSPS) is 28.4. The van der Waals surface area contributed by atoms with E-state index < -0.39 is 0 Å². The van der Waals surface area contributed by atoms with Gasteiger partial charge in [-0.1, -0.05) is 12.8 Å². The topological polar surface area (TPSA) is 44.7 Å². The molecule has 104 valence electrons. The second-order valence-electron chi connectivity index (χ2n) is 5.99. The molecule has 2 rings (SSSR count). The molecule has 0 radical (unpaired) electrons. The van der Waals surface area contributed by atoms with Crippen molar-refractivity contribution in [1.29, 1.82) is 0 Å². The fraction of sp³-hybridized carbons (Fsp3) is 0.923. The minimum absolute atomic E-state index is 0.0476. The van der Waals surface area contributed by atoms with Crippen molar-refractivity contribution in [1.82, 2.24) is 10.2 Å². The van der Waals surface area contributed by atoms with Crippen LogP contribution < -0.4 is 5.32 Å². The summed E-state index contributed by atoms with van der Waals surface area (Å²) >= 11 is 5.49. The largest absolute Gasteiger partial charge is 0.394 e. The van der Waals surface area contributed by atoms with Crippen molar-refractivity contribution in [2.75, 3.05) is 19.7 Å². The van der Waals surface area contributed by atoms with E-state index in [1.807, 2.05) is 13.8 Å². The molecule has 2 aliphatic rings. The van der Waals surface area contributed by atoms with E-state index in [1.54, 1.807) is 0 Å². The average molecular weight is 272 g/mol. The maximum absolute atomic E-state index is 9.29. The zero-order valence-corrected chi connectivity index (χ0v) is 12.1. The van der Waals surface area contributed by atoms with Gasteiger partial charge in [0.25, 0.3) is 0 Å². The minimum atomic E-state index is -0.257. The monoisotopic (exact) mass is 272 g/mol. The van der Waals surface area contributed by atoms with Gasteiger partial charge in [-0.15, -0.1) is 0 Å². The first-order valence-electron chi connectivity index (χ1n) is 6.84. The third-order valence-corrected chi connectivity index (χ3v) is 4.03. The predicted octanol–water partition coefficient (Wildman–Crippen LogP) is 1.28. The average Bonchev–Trinajstić information content (AvgIpc) is 2.79. The molecule has 4 nitrogen and oxygen atoms in total. The molecule has 5 heteroatoms. The number of thiocarbonyl (C=S) groups is 1. The van der Waals surface area contributed by atoms with Crippen LogP contribution in [0.5, 0.6) is 0 Å². The van der Waals surface area contributed by atoms with Crippen molar-refractivity contribution in [3.05, 3.63) is 0 Å². The Labute approximate surface area is 115 Å². The molecule has 0 aromatic rings. The smallest absolute Gasteiger partial charge is 0.169 e. The van der Waals surface area contributed by atoms with Crippen molar-refractivity contribution in [3.63, 3.8) is 0 Å². The molecule has 0 amide bonds. The van der Waals surface area contributed by atoms with Crippen LogP contribution in [0, 0.1) is 0 Å². The van der Waals surface area contributed by atoms with Gasteiger partial charge < -0.3 is 20.1 Å². The van der Waals surface area contributed by atoms with Crippen LogP contribution in [0.15, 0.2) is 0 Å². The molecule has 0 spiro atoms. The quantitative estimate of drug-likeness (QED) is 0.741. The number of rotatable bonds is 2. The number of nitrogens with one attached hydrogen (secondary N) is 1. The van der Waals surface area contributed by atoms with Crippen molar-refractivity contribution >= 4 is 17.3 Å². The second-order valence-corrected chi connectivity index (χ2v) is 6.38. The molecule has 1 saturated carbocycles. The Hall–Kier alpha value is -0.390. The van der Waals surface area contributed by atoms with Gasteiger partial charge >= 0.3 is 0 Å². The number of ether oxygens (including phenoxy) is 1. The van der Waals surface area contributed by atoms with Gasteiger partial charge in [0.1, 0.15) is 0 Å². The fourth-order valence-corrected chi connectivity index (χ4v) is 3.19. The minimum Gasteiger partial charge on any atom is -0.394 e. The Balaban J connectivity index is 1.91. The van der Waals surface area contributed by atoms with E-state index in [1.165, 1.54) is 25.7 Å². The zero-order chi connectivity index (χ0) is 13.2. The zero-order valence-electron chi connectivity index (χ0n) is 11.3. The van der Waals surface area contributed by atoms with Crippen molar-refractivity contribution in [3.8, 4) is 0 Å². The van der Waals surface area contributed by atoms with Crippen LogP contribution in [0.1, 0.15) is 39.5 Å². The number of aliphatic hydroxyl groups is 1. The SMILES string of the molecule is CC1(C)CN(C(=S)NC2CCCC2)CC(CO)O1. The number of aliphatic hydroxyl groups excluding tert-OH is 1. The highest BCUT2D eigenvalue weighted by Crippen LogP contribution is 2.22. The molecular weight excluding hydrogens is 248 g/mol. The maximum atomic E-state index is 9.29. The number of hydrogen-bond acceptors (Lipinski definition) is 3. The fourth-order valence-electron chi connectivity index (χ4n) is 2.88. The lowest BCUT2D eigenvalue weighted by molar-refractivity contribution is -0.134. The summed E-state index contributed by atoms with van der Waals surface area (Å²) in [6.45, 7) is 5.59. The summed E-state index contributed by atoms with van der Waals surface area (Å²) < 4.78 is 5.79. The Morgan fingerprint density at radius 3 is 2.72 bits per heavy atom. The molecule has 1 aliphatic heterocycles. The standard InChI is InChI=1S/C13H24N2O2S/c1-13(2)9-15(7-11(8-16)17-13)12(18)14-10-5-3-4-6-10/h10-11,16H,3-9H2,1-2H3,(H,14,18). The second kappa shape index (κ2) is 5.72. The van der Waals surface area contributed by atoms with E-state index in [-0.39, 0.29) is 18.3 Å². The van der Waals surface area contributed by atoms with Gasteiger partial charge in [0, 0.05) is 19.1 Å². The van der Waals surface area contributed by atoms with Crippen LogP contribution in [0.25, 0.3) is 0 Å². The molecule has 2 N–H and O–H groups in total. The summed E-state index contributed by atoms with van der Waals surface area (Å²) in [5.74, 6) is 0. The summed E-state index contributed by atoms with van der Waals surface area (Å²) in [4.78, 5) is 2.14. The van der Waals surface area contributed by atoms with Crippen molar-refractivity contribution < 1.29 is 9.84 Å². The first kappa shape index (κ1) is 14.0. The molecule has 0 aromatic carbocycles. The van der Waals surface area contributed by atoms with E-state index in [2.05, 4.69) is 10.2 Å². The van der Waals surface area contributed by atoms with E-state index in [0.29, 0.717) is 12.6 Å². The first-order valence-corrected chi connectivity index (χ1v) is 7.25. The molecule has 1 saturated heterocycles. The van der Waals surface area contributed by atoms with Crippen LogP contribution in [-0.2, 0) is 4.74 Å². The molecule has 1 unspecified atom stereocenters. The van der Waals surface area contributed by atoms with Crippen LogP contribution in [0.4, 0.5) is 0 Å². The Morgan fingerprint density at radius 2 is 2.11 bits per heavy atom. The van der Waals surface area contributed by atoms with Gasteiger partial charge in [0.15, 0.2) is 5.11 Å². The lowest BCUT2D eigenvalue weighted by Crippen LogP contribution is -2.58. The summed E-state index contributed by atoms with van der Waals surface area (Å²) in [5.41, 5.74) is -0.257. The molecule has 1 atom stereocenters. The lowest BCUT2D eigenvalue weighted by Gasteiger charge is -2.43. The summed E-state index contributed by atoms with van der Waals surface area (Å²) in [5, 5.41) is 13.6. The van der Waals surface area contributed by atoms with Gasteiger partial charge in [-0.25, -0.2) is 0 Å². The van der Waals surface area contributed by atoms with Gasteiger partial charge in [-0.05, 0) is 38.9 Å². The van der Waals surface area contributed by atoms with E-state index in [4.69, 9.17) is 17.0 Å².